The van der Waals surface area contributed by atoms with Crippen molar-refractivity contribution in [2.75, 3.05) is 78.7 Å². The fourth-order valence-corrected chi connectivity index (χ4v) is 7.20. The first-order valence-corrected chi connectivity index (χ1v) is 23.3. The second kappa shape index (κ2) is 27.1. The monoisotopic (exact) mass is 919 g/mol. The molecule has 0 aromatic heterocycles. The number of ether oxygens (including phenoxy) is 6. The smallest absolute Gasteiger partial charge is 0.407 e. The number of hydrogen-bond donors (Lipinski definition) is 3. The van der Waals surface area contributed by atoms with E-state index < -0.39 is 35.1 Å². The van der Waals surface area contributed by atoms with E-state index in [-0.39, 0.29) is 18.3 Å². The van der Waals surface area contributed by atoms with Crippen molar-refractivity contribution in [3.63, 3.8) is 0 Å². The van der Waals surface area contributed by atoms with Gasteiger partial charge in [0.15, 0.2) is 0 Å². The normalized spacial score (nSPS) is 19.7. The standard InChI is InChI=1S/3C17H26N2O3/c3*1-17(2,3)22-16(20)18-11-15-13-19(9-10-21-15)12-14-7-5-4-6-8-14/h3*4-8,15H,9-13H2,1-3H3,(H,18,20)/t2*15-;/m10./s1. The highest BCUT2D eigenvalue weighted by atomic mass is 16.6. The summed E-state index contributed by atoms with van der Waals surface area (Å²) in [6.45, 7) is 28.1. The number of carbonyl (C=O) groups is 3. The summed E-state index contributed by atoms with van der Waals surface area (Å²) in [7, 11) is 0. The third-order valence-electron chi connectivity index (χ3n) is 10.0. The maximum absolute atomic E-state index is 11.7. The Hall–Kier alpha value is -4.77. The van der Waals surface area contributed by atoms with Gasteiger partial charge in [0.25, 0.3) is 0 Å². The van der Waals surface area contributed by atoms with Crippen LogP contribution in [0, 0.1) is 0 Å². The molecule has 3 heterocycles. The Morgan fingerprint density at radius 2 is 0.697 bits per heavy atom. The van der Waals surface area contributed by atoms with E-state index in [1.165, 1.54) is 16.7 Å². The topological polar surface area (TPSA) is 152 Å². The van der Waals surface area contributed by atoms with Crippen LogP contribution in [0.4, 0.5) is 14.4 Å². The SMILES string of the molecule is CC(C)(C)OC(=O)NCC1CN(Cc2ccccc2)CCO1.CC(C)(C)OC(=O)NC[C@@H]1CN(Cc2ccccc2)CCO1.CC(C)(C)OC(=O)NC[C@H]1CN(Cc2ccccc2)CCO1. The molecule has 1 unspecified atom stereocenters. The average Bonchev–Trinajstić information content (AvgIpc) is 3.25. The van der Waals surface area contributed by atoms with E-state index in [4.69, 9.17) is 28.4 Å². The first kappa shape index (κ1) is 53.8. The second-order valence-corrected chi connectivity index (χ2v) is 19.8. The lowest BCUT2D eigenvalue weighted by Gasteiger charge is -2.33. The van der Waals surface area contributed by atoms with E-state index in [0.29, 0.717) is 39.5 Å². The molecule has 3 aromatic rings. The molecule has 15 nitrogen and oxygen atoms in total. The molecular formula is C51H78N6O9. The van der Waals surface area contributed by atoms with Crippen LogP contribution >= 0.6 is 0 Å². The number of morpholine rings is 3. The molecular weight excluding hydrogens is 841 g/mol. The van der Waals surface area contributed by atoms with E-state index in [1.807, 2.05) is 80.5 Å². The first-order valence-electron chi connectivity index (χ1n) is 23.3. The Morgan fingerprint density at radius 1 is 0.455 bits per heavy atom. The highest BCUT2D eigenvalue weighted by Gasteiger charge is 2.26. The van der Waals surface area contributed by atoms with Crippen molar-refractivity contribution in [2.45, 2.75) is 117 Å². The number of amides is 3. The summed E-state index contributed by atoms with van der Waals surface area (Å²) < 4.78 is 32.8. The second-order valence-electron chi connectivity index (χ2n) is 19.8. The molecule has 3 aromatic carbocycles. The molecule has 15 heteroatoms. The van der Waals surface area contributed by atoms with Gasteiger partial charge < -0.3 is 44.4 Å². The Kier molecular flexibility index (Phi) is 22.1. The van der Waals surface area contributed by atoms with Gasteiger partial charge in [-0.15, -0.1) is 0 Å². The first-order chi connectivity index (χ1) is 31.3. The summed E-state index contributed by atoms with van der Waals surface area (Å²) in [4.78, 5) is 42.1. The quantitative estimate of drug-likeness (QED) is 0.157. The molecule has 0 bridgehead atoms. The zero-order valence-corrected chi connectivity index (χ0v) is 41.0. The van der Waals surface area contributed by atoms with E-state index in [2.05, 4.69) is 103 Å². The van der Waals surface area contributed by atoms with E-state index in [1.54, 1.807) is 0 Å². The number of nitrogens with zero attached hydrogens (tertiary/aromatic N) is 3. The van der Waals surface area contributed by atoms with Crippen molar-refractivity contribution in [1.82, 2.24) is 30.7 Å². The van der Waals surface area contributed by atoms with Gasteiger partial charge in [0.05, 0.1) is 38.1 Å². The van der Waals surface area contributed by atoms with E-state index in [9.17, 15) is 14.4 Å². The predicted molar refractivity (Wildman–Crippen MR) is 257 cm³/mol. The van der Waals surface area contributed by atoms with Gasteiger partial charge in [0, 0.05) is 78.5 Å². The number of alkyl carbamates (subject to hydrolysis) is 3. The van der Waals surface area contributed by atoms with Gasteiger partial charge in [-0.2, -0.15) is 0 Å². The summed E-state index contributed by atoms with van der Waals surface area (Å²) in [5.74, 6) is 0. The van der Waals surface area contributed by atoms with Crippen molar-refractivity contribution < 1.29 is 42.8 Å². The summed E-state index contributed by atoms with van der Waals surface area (Å²) in [6, 6.07) is 31.2. The molecule has 3 aliphatic rings. The fourth-order valence-electron chi connectivity index (χ4n) is 7.20. The van der Waals surface area contributed by atoms with Crippen LogP contribution in [0.5, 0.6) is 0 Å². The van der Waals surface area contributed by atoms with Gasteiger partial charge in [0.1, 0.15) is 16.8 Å². The largest absolute Gasteiger partial charge is 0.444 e. The molecule has 3 fully saturated rings. The summed E-state index contributed by atoms with van der Waals surface area (Å²) in [5.41, 5.74) is 2.46. The zero-order valence-electron chi connectivity index (χ0n) is 41.0. The Balaban J connectivity index is 0.000000216. The Bertz CT molecular complexity index is 1620. The maximum Gasteiger partial charge on any atom is 0.407 e. The van der Waals surface area contributed by atoms with Gasteiger partial charge >= 0.3 is 18.3 Å². The molecule has 3 aliphatic heterocycles. The highest BCUT2D eigenvalue weighted by molar-refractivity contribution is 5.68. The lowest BCUT2D eigenvalue weighted by atomic mass is 10.2. The van der Waals surface area contributed by atoms with Gasteiger partial charge in [-0.25, -0.2) is 14.4 Å². The van der Waals surface area contributed by atoms with Gasteiger partial charge in [0.2, 0.25) is 0 Å². The molecule has 3 N–H and O–H groups in total. The molecule has 3 saturated heterocycles. The van der Waals surface area contributed by atoms with Crippen LogP contribution in [-0.4, -0.2) is 147 Å². The molecule has 0 spiro atoms. The molecule has 3 amide bonds. The predicted octanol–water partition coefficient (Wildman–Crippen LogP) is 7.24. The molecule has 0 radical (unpaired) electrons. The Morgan fingerprint density at radius 3 is 0.924 bits per heavy atom. The van der Waals surface area contributed by atoms with Crippen molar-refractivity contribution in [3.8, 4) is 0 Å². The summed E-state index contributed by atoms with van der Waals surface area (Å²) >= 11 is 0. The van der Waals surface area contributed by atoms with Crippen LogP contribution < -0.4 is 16.0 Å². The number of rotatable bonds is 12. The van der Waals surface area contributed by atoms with Gasteiger partial charge in [-0.1, -0.05) is 91.0 Å². The third-order valence-corrected chi connectivity index (χ3v) is 10.0. The van der Waals surface area contributed by atoms with Crippen molar-refractivity contribution in [3.05, 3.63) is 108 Å². The number of hydrogen-bond acceptors (Lipinski definition) is 12. The van der Waals surface area contributed by atoms with Crippen LogP contribution in [0.25, 0.3) is 0 Å². The van der Waals surface area contributed by atoms with Crippen LogP contribution in [0.15, 0.2) is 91.0 Å². The fraction of sp³-hybridized carbons (Fsp3) is 0.588. The molecule has 6 rings (SSSR count). The summed E-state index contributed by atoms with van der Waals surface area (Å²) in [6.07, 6.45) is -1.16. The molecule has 0 aliphatic carbocycles. The van der Waals surface area contributed by atoms with E-state index >= 15 is 0 Å². The lowest BCUT2D eigenvalue weighted by molar-refractivity contribution is -0.0313. The van der Waals surface area contributed by atoms with Gasteiger partial charge in [-0.05, 0) is 79.0 Å². The van der Waals surface area contributed by atoms with Crippen LogP contribution in [0.2, 0.25) is 0 Å². The van der Waals surface area contributed by atoms with Crippen LogP contribution in [-0.2, 0) is 48.1 Å². The number of nitrogens with one attached hydrogen (secondary N) is 3. The summed E-state index contributed by atoms with van der Waals surface area (Å²) in [5, 5.41) is 8.34. The lowest BCUT2D eigenvalue weighted by Crippen LogP contribution is -2.47. The van der Waals surface area contributed by atoms with Crippen molar-refractivity contribution in [1.29, 1.82) is 0 Å². The number of benzene rings is 3. The minimum Gasteiger partial charge on any atom is -0.444 e. The minimum absolute atomic E-state index is 0.00461. The minimum atomic E-state index is -0.475. The molecule has 3 atom stereocenters. The highest BCUT2D eigenvalue weighted by Crippen LogP contribution is 2.14. The number of carbonyl (C=O) groups excluding carboxylic acids is 3. The third kappa shape index (κ3) is 24.1. The van der Waals surface area contributed by atoms with E-state index in [0.717, 1.165) is 58.9 Å². The molecule has 0 saturated carbocycles. The van der Waals surface area contributed by atoms with Crippen LogP contribution in [0.3, 0.4) is 0 Å². The molecule has 366 valence electrons. The maximum atomic E-state index is 11.7. The van der Waals surface area contributed by atoms with Crippen molar-refractivity contribution >= 4 is 18.3 Å². The van der Waals surface area contributed by atoms with Crippen LogP contribution in [0.1, 0.15) is 79.0 Å². The van der Waals surface area contributed by atoms with Gasteiger partial charge in [-0.3, -0.25) is 14.7 Å². The molecule has 66 heavy (non-hydrogen) atoms. The zero-order chi connectivity index (χ0) is 48.0. The van der Waals surface area contributed by atoms with Crippen molar-refractivity contribution in [2.24, 2.45) is 0 Å². The average molecular weight is 919 g/mol. The Labute approximate surface area is 394 Å².